The van der Waals surface area contributed by atoms with Crippen molar-refractivity contribution in [2.45, 2.75) is 25.2 Å². The first-order valence-corrected chi connectivity index (χ1v) is 8.93. The van der Waals surface area contributed by atoms with Crippen LogP contribution in [-0.2, 0) is 9.53 Å². The number of carbonyl (C=O) groups is 1. The van der Waals surface area contributed by atoms with Gasteiger partial charge in [-0.2, -0.15) is 0 Å². The molecule has 1 aromatic rings. The van der Waals surface area contributed by atoms with Gasteiger partial charge in [-0.3, -0.25) is 4.79 Å². The largest absolute Gasteiger partial charge is 0.508 e. The quantitative estimate of drug-likeness (QED) is 0.866. The van der Waals surface area contributed by atoms with Crippen LogP contribution in [-0.4, -0.2) is 67.3 Å². The Labute approximate surface area is 144 Å². The summed E-state index contributed by atoms with van der Waals surface area (Å²) >= 11 is 0. The van der Waals surface area contributed by atoms with Gasteiger partial charge in [-0.15, -0.1) is 0 Å². The molecular formula is C19H28N2O3. The van der Waals surface area contributed by atoms with Gasteiger partial charge in [0.25, 0.3) is 0 Å². The Morgan fingerprint density at radius 1 is 1.29 bits per heavy atom. The number of piperidine rings is 1. The van der Waals surface area contributed by atoms with Gasteiger partial charge in [0, 0.05) is 33.2 Å². The molecule has 0 unspecified atom stereocenters. The van der Waals surface area contributed by atoms with Crippen molar-refractivity contribution in [2.75, 3.05) is 46.4 Å². The molecule has 5 heteroatoms. The number of rotatable bonds is 6. The van der Waals surface area contributed by atoms with Gasteiger partial charge in [0.05, 0.1) is 6.61 Å². The van der Waals surface area contributed by atoms with E-state index in [1.165, 1.54) is 5.56 Å². The minimum Gasteiger partial charge on any atom is -0.508 e. The number of amides is 1. The zero-order chi connectivity index (χ0) is 16.9. The van der Waals surface area contributed by atoms with E-state index in [4.69, 9.17) is 4.74 Å². The summed E-state index contributed by atoms with van der Waals surface area (Å²) in [4.78, 5) is 16.5. The number of aromatic hydroxyl groups is 1. The molecule has 1 atom stereocenters. The smallest absolute Gasteiger partial charge is 0.223 e. The molecule has 24 heavy (non-hydrogen) atoms. The minimum absolute atomic E-state index is 0.270. The molecule has 2 fully saturated rings. The Morgan fingerprint density at radius 3 is 2.79 bits per heavy atom. The Kier molecular flexibility index (Phi) is 5.74. The van der Waals surface area contributed by atoms with Crippen LogP contribution in [0.2, 0.25) is 0 Å². The van der Waals surface area contributed by atoms with E-state index >= 15 is 0 Å². The van der Waals surface area contributed by atoms with E-state index < -0.39 is 0 Å². The molecule has 2 aliphatic heterocycles. The zero-order valence-electron chi connectivity index (χ0n) is 14.5. The second kappa shape index (κ2) is 7.99. The first-order chi connectivity index (χ1) is 11.7. The highest BCUT2D eigenvalue weighted by molar-refractivity contribution is 5.78. The predicted octanol–water partition coefficient (Wildman–Crippen LogP) is 2.07. The molecule has 1 aromatic carbocycles. The van der Waals surface area contributed by atoms with Crippen molar-refractivity contribution in [3.63, 3.8) is 0 Å². The summed E-state index contributed by atoms with van der Waals surface area (Å²) in [6.07, 6.45) is 2.92. The Balaban J connectivity index is 1.45. The van der Waals surface area contributed by atoms with Crippen LogP contribution < -0.4 is 0 Å². The third-order valence-corrected chi connectivity index (χ3v) is 5.31. The third kappa shape index (κ3) is 4.28. The second-order valence-electron chi connectivity index (χ2n) is 7.07. The van der Waals surface area contributed by atoms with Crippen molar-refractivity contribution in [2.24, 2.45) is 5.92 Å². The lowest BCUT2D eigenvalue weighted by Crippen LogP contribution is -2.37. The number of phenolic OH excluding ortho intramolecular Hbond substituents is 1. The van der Waals surface area contributed by atoms with Gasteiger partial charge in [0.15, 0.2) is 0 Å². The summed E-state index contributed by atoms with van der Waals surface area (Å²) in [7, 11) is 1.68. The summed E-state index contributed by atoms with van der Waals surface area (Å²) in [5.74, 6) is 1.62. The Bertz CT molecular complexity index is 555. The molecule has 2 saturated heterocycles. The first kappa shape index (κ1) is 17.2. The molecule has 2 heterocycles. The molecule has 0 bridgehead atoms. The van der Waals surface area contributed by atoms with Gasteiger partial charge in [0.2, 0.25) is 5.91 Å². The fourth-order valence-corrected chi connectivity index (χ4v) is 3.99. The number of nitrogens with zero attached hydrogens (tertiary/aromatic N) is 2. The Hall–Kier alpha value is -1.59. The number of methoxy groups -OCH3 is 1. The molecule has 5 nitrogen and oxygen atoms in total. The van der Waals surface area contributed by atoms with Crippen LogP contribution in [0.15, 0.2) is 24.3 Å². The summed E-state index contributed by atoms with van der Waals surface area (Å²) in [5, 5.41) is 9.64. The third-order valence-electron chi connectivity index (χ3n) is 5.31. The highest BCUT2D eigenvalue weighted by atomic mass is 16.5. The predicted molar refractivity (Wildman–Crippen MR) is 93.1 cm³/mol. The molecule has 1 amide bonds. The van der Waals surface area contributed by atoms with Crippen LogP contribution in [0.5, 0.6) is 5.75 Å². The molecule has 2 aliphatic rings. The van der Waals surface area contributed by atoms with Gasteiger partial charge in [-0.05, 0) is 55.5 Å². The lowest BCUT2D eigenvalue weighted by atomic mass is 9.89. The fraction of sp³-hybridized carbons (Fsp3) is 0.632. The number of ether oxygens (including phenoxy) is 1. The van der Waals surface area contributed by atoms with E-state index in [1.807, 2.05) is 17.0 Å². The number of carbonyl (C=O) groups excluding carboxylic acids is 1. The van der Waals surface area contributed by atoms with Crippen LogP contribution in [0.3, 0.4) is 0 Å². The molecule has 1 N–H and O–H groups in total. The van der Waals surface area contributed by atoms with Crippen molar-refractivity contribution in [3.05, 3.63) is 29.8 Å². The average Bonchev–Trinajstić information content (AvgIpc) is 2.93. The first-order valence-electron chi connectivity index (χ1n) is 8.93. The molecule has 3 rings (SSSR count). The normalized spacial score (nSPS) is 23.1. The lowest BCUT2D eigenvalue weighted by Gasteiger charge is -2.33. The highest BCUT2D eigenvalue weighted by Gasteiger charge is 2.31. The van der Waals surface area contributed by atoms with E-state index in [9.17, 15) is 9.90 Å². The highest BCUT2D eigenvalue weighted by Crippen LogP contribution is 2.30. The molecule has 0 saturated carbocycles. The summed E-state index contributed by atoms with van der Waals surface area (Å²) < 4.78 is 5.08. The SMILES string of the molecule is COCCN1C[C@@H](CN2CCC(c3cccc(O)c3)CC2)CC1=O. The average molecular weight is 332 g/mol. The summed E-state index contributed by atoms with van der Waals surface area (Å²) in [6.45, 7) is 5.36. The van der Waals surface area contributed by atoms with Crippen molar-refractivity contribution in [1.29, 1.82) is 0 Å². The summed E-state index contributed by atoms with van der Waals surface area (Å²) in [6, 6.07) is 7.66. The number of hydrogen-bond acceptors (Lipinski definition) is 4. The van der Waals surface area contributed by atoms with E-state index in [2.05, 4.69) is 11.0 Å². The fourth-order valence-electron chi connectivity index (χ4n) is 3.99. The molecular weight excluding hydrogens is 304 g/mol. The van der Waals surface area contributed by atoms with Crippen molar-refractivity contribution in [1.82, 2.24) is 9.80 Å². The number of phenols is 1. The van der Waals surface area contributed by atoms with Crippen LogP contribution in [0.1, 0.15) is 30.7 Å². The van der Waals surface area contributed by atoms with Crippen LogP contribution in [0.25, 0.3) is 0 Å². The van der Waals surface area contributed by atoms with Gasteiger partial charge in [-0.25, -0.2) is 0 Å². The van der Waals surface area contributed by atoms with Crippen molar-refractivity contribution in [3.8, 4) is 5.75 Å². The van der Waals surface area contributed by atoms with Crippen LogP contribution in [0.4, 0.5) is 0 Å². The van der Waals surface area contributed by atoms with Crippen molar-refractivity contribution < 1.29 is 14.6 Å². The Morgan fingerprint density at radius 2 is 2.08 bits per heavy atom. The van der Waals surface area contributed by atoms with E-state index in [0.717, 1.165) is 39.0 Å². The van der Waals surface area contributed by atoms with Crippen molar-refractivity contribution >= 4 is 5.91 Å². The van der Waals surface area contributed by atoms with E-state index in [0.29, 0.717) is 37.2 Å². The lowest BCUT2D eigenvalue weighted by molar-refractivity contribution is -0.128. The molecule has 132 valence electrons. The van der Waals surface area contributed by atoms with Gasteiger partial charge in [0.1, 0.15) is 5.75 Å². The van der Waals surface area contributed by atoms with Crippen LogP contribution >= 0.6 is 0 Å². The van der Waals surface area contributed by atoms with Gasteiger partial charge in [-0.1, -0.05) is 12.1 Å². The maximum Gasteiger partial charge on any atom is 0.223 e. The topological polar surface area (TPSA) is 53.0 Å². The molecule has 0 spiro atoms. The van der Waals surface area contributed by atoms with E-state index in [-0.39, 0.29) is 5.91 Å². The molecule has 0 radical (unpaired) electrons. The van der Waals surface area contributed by atoms with Gasteiger partial charge >= 0.3 is 0 Å². The van der Waals surface area contributed by atoms with E-state index in [1.54, 1.807) is 13.2 Å². The zero-order valence-corrected chi connectivity index (χ0v) is 14.5. The molecule has 0 aromatic heterocycles. The molecule has 0 aliphatic carbocycles. The maximum absolute atomic E-state index is 12.0. The standard InChI is InChI=1S/C19H28N2O3/c1-24-10-9-21-14-15(11-19(21)23)13-20-7-5-16(6-8-20)17-3-2-4-18(22)12-17/h2-4,12,15-16,22H,5-11,13-14H2,1H3/t15-/m1/s1. The second-order valence-corrected chi connectivity index (χ2v) is 7.07. The minimum atomic E-state index is 0.270. The monoisotopic (exact) mass is 332 g/mol. The maximum atomic E-state index is 12.0. The number of benzene rings is 1. The van der Waals surface area contributed by atoms with Crippen LogP contribution in [0, 0.1) is 5.92 Å². The number of likely N-dealkylation sites (tertiary alicyclic amines) is 2. The van der Waals surface area contributed by atoms with Gasteiger partial charge < -0.3 is 19.6 Å². The number of hydrogen-bond donors (Lipinski definition) is 1. The summed E-state index contributed by atoms with van der Waals surface area (Å²) in [5.41, 5.74) is 1.25.